The summed E-state index contributed by atoms with van der Waals surface area (Å²) >= 11 is 0. The summed E-state index contributed by atoms with van der Waals surface area (Å²) in [7, 11) is 1.64. The van der Waals surface area contributed by atoms with Gasteiger partial charge in [-0.15, -0.1) is 0 Å². The van der Waals surface area contributed by atoms with E-state index >= 15 is 0 Å². The Balaban J connectivity index is 1.53. The van der Waals surface area contributed by atoms with E-state index in [0.717, 1.165) is 29.8 Å². The van der Waals surface area contributed by atoms with Crippen LogP contribution in [-0.4, -0.2) is 44.0 Å². The molecule has 2 aromatic rings. The minimum atomic E-state index is 0.0269. The molecule has 1 fully saturated rings. The fraction of sp³-hybridized carbons (Fsp3) is 0.381. The number of ketones is 1. The molecule has 0 amide bonds. The Labute approximate surface area is 148 Å². The van der Waals surface area contributed by atoms with Crippen LogP contribution in [0.4, 0.5) is 0 Å². The summed E-state index contributed by atoms with van der Waals surface area (Å²) in [4.78, 5) is 15.4. The smallest absolute Gasteiger partial charge is 0.198 e. The molecule has 1 saturated heterocycles. The van der Waals surface area contributed by atoms with Gasteiger partial charge in [-0.1, -0.05) is 24.3 Å². The number of nitrogens with zero attached hydrogens (tertiary/aromatic N) is 1. The zero-order valence-electron chi connectivity index (χ0n) is 14.6. The Morgan fingerprint density at radius 3 is 2.44 bits per heavy atom. The predicted molar refractivity (Wildman–Crippen MR) is 97.6 cm³/mol. The van der Waals surface area contributed by atoms with E-state index in [1.54, 1.807) is 7.11 Å². The number of benzene rings is 2. The van der Waals surface area contributed by atoms with Gasteiger partial charge >= 0.3 is 0 Å². The monoisotopic (exact) mass is 337 g/mol. The summed E-state index contributed by atoms with van der Waals surface area (Å²) in [5.74, 6) is 1.44. The molecule has 0 N–H and O–H groups in total. The van der Waals surface area contributed by atoms with Gasteiger partial charge < -0.3 is 14.4 Å². The molecular weight excluding hydrogens is 314 g/mol. The topological polar surface area (TPSA) is 38.8 Å². The maximum Gasteiger partial charge on any atom is 0.198 e. The molecule has 1 aliphatic heterocycles. The maximum atomic E-state index is 12.9. The maximum absolute atomic E-state index is 12.9. The molecule has 2 aliphatic rings. The molecule has 4 heteroatoms. The highest BCUT2D eigenvalue weighted by Gasteiger charge is 2.32. The summed E-state index contributed by atoms with van der Waals surface area (Å²) in [5.41, 5.74) is 3.16. The van der Waals surface area contributed by atoms with E-state index in [4.69, 9.17) is 9.47 Å². The first-order valence-corrected chi connectivity index (χ1v) is 9.00. The van der Waals surface area contributed by atoms with E-state index in [1.165, 1.54) is 25.9 Å². The van der Waals surface area contributed by atoms with Crippen LogP contribution in [0.3, 0.4) is 0 Å². The first-order valence-electron chi connectivity index (χ1n) is 9.00. The SMILES string of the molecule is COc1cccc2c1-c1cccc(OCCCN3CCCC3)c1C2=O. The molecule has 4 rings (SSSR count). The first kappa shape index (κ1) is 16.2. The molecule has 0 radical (unpaired) electrons. The Hall–Kier alpha value is -2.33. The van der Waals surface area contributed by atoms with Crippen LogP contribution >= 0.6 is 0 Å². The van der Waals surface area contributed by atoms with Crippen molar-refractivity contribution in [2.75, 3.05) is 33.4 Å². The fourth-order valence-electron chi connectivity index (χ4n) is 3.87. The third-order valence-corrected chi connectivity index (χ3v) is 5.09. The van der Waals surface area contributed by atoms with Crippen molar-refractivity contribution in [3.63, 3.8) is 0 Å². The molecule has 130 valence electrons. The van der Waals surface area contributed by atoms with Gasteiger partial charge in [0.15, 0.2) is 5.78 Å². The largest absolute Gasteiger partial charge is 0.496 e. The van der Waals surface area contributed by atoms with Crippen LogP contribution in [0.2, 0.25) is 0 Å². The summed E-state index contributed by atoms with van der Waals surface area (Å²) in [6.07, 6.45) is 3.59. The number of hydrogen-bond acceptors (Lipinski definition) is 4. The standard InChI is InChI=1S/C21H23NO3/c1-24-17-9-5-8-16-19(17)15-7-4-10-18(20(15)21(16)23)25-14-6-13-22-11-2-3-12-22/h4-5,7-10H,2-3,6,11-14H2,1H3. The molecule has 0 saturated carbocycles. The van der Waals surface area contributed by atoms with Gasteiger partial charge in [-0.2, -0.15) is 0 Å². The normalized spacial score (nSPS) is 16.0. The van der Waals surface area contributed by atoms with E-state index in [9.17, 15) is 4.79 Å². The second-order valence-electron chi connectivity index (χ2n) is 6.64. The van der Waals surface area contributed by atoms with Crippen LogP contribution in [0.5, 0.6) is 11.5 Å². The number of rotatable bonds is 6. The van der Waals surface area contributed by atoms with Crippen molar-refractivity contribution in [2.24, 2.45) is 0 Å². The average Bonchev–Trinajstić information content (AvgIpc) is 3.26. The molecule has 0 aromatic heterocycles. The third-order valence-electron chi connectivity index (χ3n) is 5.09. The molecule has 0 bridgehead atoms. The van der Waals surface area contributed by atoms with E-state index in [-0.39, 0.29) is 5.78 Å². The Morgan fingerprint density at radius 2 is 1.68 bits per heavy atom. The lowest BCUT2D eigenvalue weighted by Gasteiger charge is -2.15. The molecule has 4 nitrogen and oxygen atoms in total. The highest BCUT2D eigenvalue weighted by molar-refractivity contribution is 6.24. The van der Waals surface area contributed by atoms with Gasteiger partial charge in [0.25, 0.3) is 0 Å². The van der Waals surface area contributed by atoms with Crippen LogP contribution in [0.25, 0.3) is 11.1 Å². The number of methoxy groups -OCH3 is 1. The van der Waals surface area contributed by atoms with Gasteiger partial charge in [0.1, 0.15) is 11.5 Å². The Kier molecular flexibility index (Phi) is 4.45. The molecule has 1 heterocycles. The zero-order chi connectivity index (χ0) is 17.2. The second-order valence-corrected chi connectivity index (χ2v) is 6.64. The van der Waals surface area contributed by atoms with Crippen molar-refractivity contribution in [1.82, 2.24) is 4.90 Å². The number of ether oxygens (including phenoxy) is 2. The number of hydrogen-bond donors (Lipinski definition) is 0. The lowest BCUT2D eigenvalue weighted by atomic mass is 10.0. The van der Waals surface area contributed by atoms with Crippen LogP contribution in [0.1, 0.15) is 35.2 Å². The summed E-state index contributed by atoms with van der Waals surface area (Å²) in [5, 5.41) is 0. The van der Waals surface area contributed by atoms with Crippen molar-refractivity contribution in [2.45, 2.75) is 19.3 Å². The first-order chi connectivity index (χ1) is 12.3. The lowest BCUT2D eigenvalue weighted by Crippen LogP contribution is -2.22. The van der Waals surface area contributed by atoms with Crippen molar-refractivity contribution >= 4 is 5.78 Å². The minimum Gasteiger partial charge on any atom is -0.496 e. The molecule has 25 heavy (non-hydrogen) atoms. The van der Waals surface area contributed by atoms with Crippen LogP contribution in [-0.2, 0) is 0 Å². The molecule has 0 spiro atoms. The molecular formula is C21H23NO3. The van der Waals surface area contributed by atoms with Gasteiger partial charge in [-0.25, -0.2) is 0 Å². The molecule has 0 atom stereocenters. The number of carbonyl (C=O) groups is 1. The van der Waals surface area contributed by atoms with Crippen molar-refractivity contribution in [3.05, 3.63) is 47.5 Å². The quantitative estimate of drug-likeness (QED) is 0.642. The Morgan fingerprint density at radius 1 is 0.960 bits per heavy atom. The minimum absolute atomic E-state index is 0.0269. The van der Waals surface area contributed by atoms with Gasteiger partial charge in [0, 0.05) is 23.2 Å². The Bertz CT molecular complexity index is 794. The molecule has 1 aliphatic carbocycles. The van der Waals surface area contributed by atoms with Gasteiger partial charge in [-0.05, 0) is 44.5 Å². The highest BCUT2D eigenvalue weighted by Crippen LogP contribution is 2.45. The second kappa shape index (κ2) is 6.89. The van der Waals surface area contributed by atoms with Gasteiger partial charge in [0.05, 0.1) is 19.3 Å². The highest BCUT2D eigenvalue weighted by atomic mass is 16.5. The summed E-state index contributed by atoms with van der Waals surface area (Å²) in [6, 6.07) is 11.4. The lowest BCUT2D eigenvalue weighted by molar-refractivity contribution is 0.103. The zero-order valence-corrected chi connectivity index (χ0v) is 14.6. The fourth-order valence-corrected chi connectivity index (χ4v) is 3.87. The van der Waals surface area contributed by atoms with Crippen LogP contribution in [0.15, 0.2) is 36.4 Å². The predicted octanol–water partition coefficient (Wildman–Crippen LogP) is 3.77. The summed E-state index contributed by atoms with van der Waals surface area (Å²) < 4.78 is 11.5. The van der Waals surface area contributed by atoms with E-state index in [2.05, 4.69) is 4.90 Å². The van der Waals surface area contributed by atoms with Crippen molar-refractivity contribution < 1.29 is 14.3 Å². The van der Waals surface area contributed by atoms with Crippen LogP contribution < -0.4 is 9.47 Å². The number of fused-ring (bicyclic) bond motifs is 3. The molecule has 2 aromatic carbocycles. The number of carbonyl (C=O) groups excluding carboxylic acids is 1. The van der Waals surface area contributed by atoms with Crippen molar-refractivity contribution in [1.29, 1.82) is 0 Å². The van der Waals surface area contributed by atoms with Gasteiger partial charge in [0.2, 0.25) is 0 Å². The van der Waals surface area contributed by atoms with Crippen molar-refractivity contribution in [3.8, 4) is 22.6 Å². The van der Waals surface area contributed by atoms with E-state index in [0.29, 0.717) is 23.5 Å². The van der Waals surface area contributed by atoms with E-state index in [1.807, 2.05) is 36.4 Å². The molecule has 0 unspecified atom stereocenters. The summed E-state index contributed by atoms with van der Waals surface area (Å²) in [6.45, 7) is 4.10. The van der Waals surface area contributed by atoms with E-state index < -0.39 is 0 Å². The van der Waals surface area contributed by atoms with Crippen LogP contribution in [0, 0.1) is 0 Å². The number of likely N-dealkylation sites (tertiary alicyclic amines) is 1. The third kappa shape index (κ3) is 2.91. The average molecular weight is 337 g/mol. The van der Waals surface area contributed by atoms with Gasteiger partial charge in [-0.3, -0.25) is 4.79 Å².